The summed E-state index contributed by atoms with van der Waals surface area (Å²) in [6.07, 6.45) is 1.76. The summed E-state index contributed by atoms with van der Waals surface area (Å²) in [6, 6.07) is -0.131. The lowest BCUT2D eigenvalue weighted by molar-refractivity contribution is -0.137. The van der Waals surface area contributed by atoms with Gasteiger partial charge in [-0.1, -0.05) is 13.8 Å². The molecule has 0 spiro atoms. The number of aliphatic hydroxyl groups is 1. The van der Waals surface area contributed by atoms with Gasteiger partial charge < -0.3 is 10.0 Å². The minimum absolute atomic E-state index is 0.0381. The zero-order valence-electron chi connectivity index (χ0n) is 12.6. The molecule has 1 aliphatic rings. The summed E-state index contributed by atoms with van der Waals surface area (Å²) in [5.41, 5.74) is -0.881. The van der Waals surface area contributed by atoms with E-state index in [4.69, 9.17) is 0 Å². The predicted molar refractivity (Wildman–Crippen MR) is 72.9 cm³/mol. The van der Waals surface area contributed by atoms with Gasteiger partial charge in [-0.2, -0.15) is 0 Å². The molecule has 0 radical (unpaired) electrons. The number of rotatable bonds is 4. The highest BCUT2D eigenvalue weighted by atomic mass is 16.3. The smallest absolute Gasteiger partial charge is 0.244 e. The van der Waals surface area contributed by atoms with Crippen LogP contribution in [0.5, 0.6) is 0 Å². The lowest BCUT2D eigenvalue weighted by atomic mass is 9.96. The van der Waals surface area contributed by atoms with Crippen molar-refractivity contribution in [3.63, 3.8) is 0 Å². The van der Waals surface area contributed by atoms with E-state index in [1.807, 2.05) is 13.8 Å². The second-order valence-corrected chi connectivity index (χ2v) is 6.25. The van der Waals surface area contributed by atoms with Crippen LogP contribution in [-0.2, 0) is 11.3 Å². The molecule has 2 heterocycles. The second kappa shape index (κ2) is 5.47. The summed E-state index contributed by atoms with van der Waals surface area (Å²) in [7, 11) is 0. The van der Waals surface area contributed by atoms with Crippen LogP contribution in [-0.4, -0.2) is 54.3 Å². The Balaban J connectivity index is 2.10. The monoisotopic (exact) mass is 281 g/mol. The number of nitrogens with zero attached hydrogens (tertiary/aromatic N) is 5. The first-order valence-corrected chi connectivity index (χ1v) is 7.08. The number of carbonyl (C=O) groups is 1. The summed E-state index contributed by atoms with van der Waals surface area (Å²) in [6.45, 7) is 8.30. The first-order valence-electron chi connectivity index (χ1n) is 7.08. The molecular weight excluding hydrogens is 258 g/mol. The molecule has 1 aromatic rings. The van der Waals surface area contributed by atoms with Crippen molar-refractivity contribution < 1.29 is 9.90 Å². The van der Waals surface area contributed by atoms with E-state index in [0.717, 1.165) is 12.8 Å². The van der Waals surface area contributed by atoms with Gasteiger partial charge in [-0.3, -0.25) is 4.79 Å². The van der Waals surface area contributed by atoms with Gasteiger partial charge in [0.2, 0.25) is 5.91 Å². The number of amides is 1. The second-order valence-electron chi connectivity index (χ2n) is 6.25. The fourth-order valence-electron chi connectivity index (χ4n) is 2.76. The first kappa shape index (κ1) is 14.9. The van der Waals surface area contributed by atoms with Gasteiger partial charge in [0, 0.05) is 12.5 Å². The lowest BCUT2D eigenvalue weighted by Gasteiger charge is -2.33. The topological polar surface area (TPSA) is 84.1 Å². The minimum Gasteiger partial charge on any atom is -0.388 e. The summed E-state index contributed by atoms with van der Waals surface area (Å²) >= 11 is 0. The van der Waals surface area contributed by atoms with Crippen LogP contribution in [0.15, 0.2) is 0 Å². The van der Waals surface area contributed by atoms with Crippen LogP contribution in [0.3, 0.4) is 0 Å². The molecule has 2 rings (SSSR count). The van der Waals surface area contributed by atoms with Crippen LogP contribution in [0.1, 0.15) is 52.3 Å². The maximum atomic E-state index is 12.4. The highest BCUT2D eigenvalue weighted by molar-refractivity contribution is 5.76. The third-order valence-corrected chi connectivity index (χ3v) is 3.75. The molecular formula is C13H23N5O2. The molecule has 1 aliphatic heterocycles. The average molecular weight is 281 g/mol. The van der Waals surface area contributed by atoms with Gasteiger partial charge in [-0.25, -0.2) is 4.68 Å². The van der Waals surface area contributed by atoms with E-state index in [9.17, 15) is 9.90 Å². The van der Waals surface area contributed by atoms with Gasteiger partial charge in [0.1, 0.15) is 6.54 Å². The van der Waals surface area contributed by atoms with E-state index in [0.29, 0.717) is 12.4 Å². The van der Waals surface area contributed by atoms with Crippen molar-refractivity contribution in [2.45, 2.75) is 64.6 Å². The zero-order chi connectivity index (χ0) is 14.9. The molecule has 1 atom stereocenters. The van der Waals surface area contributed by atoms with Crippen LogP contribution in [0.2, 0.25) is 0 Å². The normalized spacial score (nSPS) is 19.9. The van der Waals surface area contributed by atoms with E-state index in [1.54, 1.807) is 23.4 Å². The van der Waals surface area contributed by atoms with Gasteiger partial charge in [0.15, 0.2) is 5.82 Å². The Hall–Kier alpha value is -1.50. The lowest BCUT2D eigenvalue weighted by Crippen LogP contribution is -2.49. The van der Waals surface area contributed by atoms with Crippen LogP contribution in [0.4, 0.5) is 0 Å². The van der Waals surface area contributed by atoms with Crippen molar-refractivity contribution in [2.24, 2.45) is 0 Å². The molecule has 1 saturated heterocycles. The Morgan fingerprint density at radius 1 is 1.50 bits per heavy atom. The van der Waals surface area contributed by atoms with E-state index in [2.05, 4.69) is 15.5 Å². The quantitative estimate of drug-likeness (QED) is 0.871. The molecule has 112 valence electrons. The number of carbonyl (C=O) groups excluding carboxylic acids is 1. The summed E-state index contributed by atoms with van der Waals surface area (Å²) in [5.74, 6) is 0.836. The first-order chi connectivity index (χ1) is 9.30. The maximum absolute atomic E-state index is 12.4. The summed E-state index contributed by atoms with van der Waals surface area (Å²) in [5, 5.41) is 21.6. The molecule has 1 aromatic heterocycles. The Labute approximate surface area is 119 Å². The average Bonchev–Trinajstić information content (AvgIpc) is 2.95. The Bertz CT molecular complexity index is 477. The largest absolute Gasteiger partial charge is 0.388 e. The molecule has 7 nitrogen and oxygen atoms in total. The van der Waals surface area contributed by atoms with Gasteiger partial charge in [0.05, 0.1) is 11.6 Å². The Kier molecular flexibility index (Phi) is 4.08. The van der Waals surface area contributed by atoms with Gasteiger partial charge in [0.25, 0.3) is 0 Å². The standard InChI is InChI=1S/C13H23N5O2/c1-9(2)12-14-15-16-18(12)8-11(19)17-7-5-6-10(17)13(3,4)20/h9-10,20H,5-8H2,1-4H3. The van der Waals surface area contributed by atoms with Crippen LogP contribution >= 0.6 is 0 Å². The fourth-order valence-corrected chi connectivity index (χ4v) is 2.76. The molecule has 0 bridgehead atoms. The molecule has 0 aromatic carbocycles. The zero-order valence-corrected chi connectivity index (χ0v) is 12.6. The molecule has 20 heavy (non-hydrogen) atoms. The van der Waals surface area contributed by atoms with Crippen LogP contribution < -0.4 is 0 Å². The fraction of sp³-hybridized carbons (Fsp3) is 0.846. The van der Waals surface area contributed by atoms with Crippen molar-refractivity contribution in [1.29, 1.82) is 0 Å². The molecule has 7 heteroatoms. The highest BCUT2D eigenvalue weighted by Crippen LogP contribution is 2.27. The van der Waals surface area contributed by atoms with E-state index < -0.39 is 5.60 Å². The third kappa shape index (κ3) is 2.98. The van der Waals surface area contributed by atoms with E-state index in [1.165, 1.54) is 0 Å². The van der Waals surface area contributed by atoms with Crippen LogP contribution in [0, 0.1) is 0 Å². The van der Waals surface area contributed by atoms with Gasteiger partial charge >= 0.3 is 0 Å². The third-order valence-electron chi connectivity index (χ3n) is 3.75. The minimum atomic E-state index is -0.881. The Morgan fingerprint density at radius 2 is 2.20 bits per heavy atom. The van der Waals surface area contributed by atoms with Gasteiger partial charge in [-0.15, -0.1) is 5.10 Å². The van der Waals surface area contributed by atoms with E-state index in [-0.39, 0.29) is 24.4 Å². The van der Waals surface area contributed by atoms with Crippen LogP contribution in [0.25, 0.3) is 0 Å². The molecule has 0 aliphatic carbocycles. The number of tetrazole rings is 1. The molecule has 0 saturated carbocycles. The summed E-state index contributed by atoms with van der Waals surface area (Å²) in [4.78, 5) is 14.2. The molecule has 1 fully saturated rings. The number of hydrogen-bond donors (Lipinski definition) is 1. The number of aromatic nitrogens is 4. The van der Waals surface area contributed by atoms with Crippen molar-refractivity contribution in [1.82, 2.24) is 25.1 Å². The molecule has 1 N–H and O–H groups in total. The predicted octanol–water partition coefficient (Wildman–Crippen LogP) is 0.558. The number of likely N-dealkylation sites (tertiary alicyclic amines) is 1. The van der Waals surface area contributed by atoms with Crippen molar-refractivity contribution in [3.05, 3.63) is 5.82 Å². The summed E-state index contributed by atoms with van der Waals surface area (Å²) < 4.78 is 1.55. The van der Waals surface area contributed by atoms with Crippen molar-refractivity contribution in [3.8, 4) is 0 Å². The van der Waals surface area contributed by atoms with E-state index >= 15 is 0 Å². The SMILES string of the molecule is CC(C)c1nnnn1CC(=O)N1CCCC1C(C)(C)O. The molecule has 1 amide bonds. The van der Waals surface area contributed by atoms with Crippen molar-refractivity contribution in [2.75, 3.05) is 6.54 Å². The highest BCUT2D eigenvalue weighted by Gasteiger charge is 2.38. The van der Waals surface area contributed by atoms with Gasteiger partial charge in [-0.05, 0) is 37.1 Å². The number of hydrogen-bond acceptors (Lipinski definition) is 5. The van der Waals surface area contributed by atoms with Crippen molar-refractivity contribution >= 4 is 5.91 Å². The Morgan fingerprint density at radius 3 is 2.80 bits per heavy atom. The maximum Gasteiger partial charge on any atom is 0.244 e. The molecule has 1 unspecified atom stereocenters.